The fourth-order valence-corrected chi connectivity index (χ4v) is 1.84. The zero-order chi connectivity index (χ0) is 10.1. The number of hydrogen-bond donors (Lipinski definition) is 1. The van der Waals surface area contributed by atoms with Crippen LogP contribution in [0.2, 0.25) is 0 Å². The molecule has 1 aromatic rings. The second-order valence-electron chi connectivity index (χ2n) is 3.36. The van der Waals surface area contributed by atoms with Crippen LogP contribution in [0.1, 0.15) is 6.42 Å². The van der Waals surface area contributed by atoms with Gasteiger partial charge in [0.25, 0.3) is 0 Å². The van der Waals surface area contributed by atoms with Crippen LogP contribution in [0.5, 0.6) is 0 Å². The largest absolute Gasteiger partial charge is 0.320 e. The number of carbonyl (C=O) groups excluding carboxylic acids is 1. The van der Waals surface area contributed by atoms with Gasteiger partial charge >= 0.3 is 0 Å². The normalized spacial score (nSPS) is 21.7. The molecule has 0 bridgehead atoms. The van der Waals surface area contributed by atoms with Crippen LogP contribution < -0.4 is 10.6 Å². The maximum absolute atomic E-state index is 11.6. The highest BCUT2D eigenvalue weighted by Crippen LogP contribution is 2.22. The highest BCUT2D eigenvalue weighted by molar-refractivity contribution is 9.10. The summed E-state index contributed by atoms with van der Waals surface area (Å²) >= 11 is 3.35. The Morgan fingerprint density at radius 3 is 2.50 bits per heavy atom. The topological polar surface area (TPSA) is 46.3 Å². The molecule has 0 spiro atoms. The lowest BCUT2D eigenvalue weighted by Crippen LogP contribution is -2.33. The van der Waals surface area contributed by atoms with Crippen molar-refractivity contribution in [3.63, 3.8) is 0 Å². The summed E-state index contributed by atoms with van der Waals surface area (Å²) in [4.78, 5) is 13.3. The van der Waals surface area contributed by atoms with E-state index in [1.165, 1.54) is 0 Å². The SMILES string of the molecule is NC1CCN(c2ccc(Br)cc2)C1=O. The van der Waals surface area contributed by atoms with Gasteiger partial charge in [-0.2, -0.15) is 0 Å². The number of rotatable bonds is 1. The third-order valence-electron chi connectivity index (χ3n) is 2.39. The summed E-state index contributed by atoms with van der Waals surface area (Å²) in [5, 5.41) is 0. The van der Waals surface area contributed by atoms with Crippen molar-refractivity contribution in [2.75, 3.05) is 11.4 Å². The second kappa shape index (κ2) is 3.71. The Kier molecular flexibility index (Phi) is 2.56. The highest BCUT2D eigenvalue weighted by Gasteiger charge is 2.29. The summed E-state index contributed by atoms with van der Waals surface area (Å²) < 4.78 is 1.01. The highest BCUT2D eigenvalue weighted by atomic mass is 79.9. The van der Waals surface area contributed by atoms with Crippen LogP contribution in [0.3, 0.4) is 0 Å². The van der Waals surface area contributed by atoms with Crippen molar-refractivity contribution < 1.29 is 4.79 Å². The molecule has 74 valence electrons. The predicted octanol–water partition coefficient (Wildman–Crippen LogP) is 1.51. The van der Waals surface area contributed by atoms with E-state index in [0.717, 1.165) is 23.1 Å². The van der Waals surface area contributed by atoms with Gasteiger partial charge in [-0.3, -0.25) is 4.79 Å². The van der Waals surface area contributed by atoms with E-state index in [-0.39, 0.29) is 11.9 Å². The van der Waals surface area contributed by atoms with Gasteiger partial charge in [-0.05, 0) is 30.7 Å². The number of hydrogen-bond acceptors (Lipinski definition) is 2. The lowest BCUT2D eigenvalue weighted by molar-refractivity contribution is -0.118. The molecule has 0 saturated carbocycles. The molecule has 1 aliphatic heterocycles. The van der Waals surface area contributed by atoms with Crippen LogP contribution in [0.4, 0.5) is 5.69 Å². The monoisotopic (exact) mass is 254 g/mol. The maximum atomic E-state index is 11.6. The average Bonchev–Trinajstić information content (AvgIpc) is 2.50. The Hall–Kier alpha value is -0.870. The molecule has 1 atom stereocenters. The minimum atomic E-state index is -0.321. The zero-order valence-corrected chi connectivity index (χ0v) is 9.20. The molecule has 1 saturated heterocycles. The Balaban J connectivity index is 2.24. The van der Waals surface area contributed by atoms with E-state index in [4.69, 9.17) is 5.73 Å². The number of nitrogens with two attached hydrogens (primary N) is 1. The van der Waals surface area contributed by atoms with Crippen molar-refractivity contribution in [2.24, 2.45) is 5.73 Å². The average molecular weight is 255 g/mol. The molecule has 0 aliphatic carbocycles. The van der Waals surface area contributed by atoms with Crippen molar-refractivity contribution >= 4 is 27.5 Å². The van der Waals surface area contributed by atoms with E-state index in [0.29, 0.717) is 0 Å². The minimum absolute atomic E-state index is 0.0207. The molecule has 1 heterocycles. The molecule has 2 rings (SSSR count). The molecule has 1 aromatic carbocycles. The Labute approximate surface area is 91.0 Å². The minimum Gasteiger partial charge on any atom is -0.320 e. The number of benzene rings is 1. The number of carbonyl (C=O) groups is 1. The van der Waals surface area contributed by atoms with E-state index < -0.39 is 0 Å². The van der Waals surface area contributed by atoms with Crippen molar-refractivity contribution in [1.29, 1.82) is 0 Å². The van der Waals surface area contributed by atoms with Gasteiger partial charge in [0.2, 0.25) is 5.91 Å². The van der Waals surface area contributed by atoms with Crippen LogP contribution in [0.25, 0.3) is 0 Å². The van der Waals surface area contributed by atoms with Gasteiger partial charge in [-0.1, -0.05) is 15.9 Å². The van der Waals surface area contributed by atoms with Gasteiger partial charge in [-0.25, -0.2) is 0 Å². The summed E-state index contributed by atoms with van der Waals surface area (Å²) in [6.07, 6.45) is 0.745. The van der Waals surface area contributed by atoms with Crippen molar-refractivity contribution in [3.8, 4) is 0 Å². The summed E-state index contributed by atoms with van der Waals surface area (Å²) in [7, 11) is 0. The first-order chi connectivity index (χ1) is 6.68. The molecule has 0 radical (unpaired) electrons. The molecule has 2 N–H and O–H groups in total. The maximum Gasteiger partial charge on any atom is 0.243 e. The summed E-state index contributed by atoms with van der Waals surface area (Å²) in [5.41, 5.74) is 6.56. The molecule has 0 aromatic heterocycles. The number of amides is 1. The smallest absolute Gasteiger partial charge is 0.243 e. The first-order valence-corrected chi connectivity index (χ1v) is 5.30. The van der Waals surface area contributed by atoms with Gasteiger partial charge in [0.05, 0.1) is 6.04 Å². The first kappa shape index (κ1) is 9.68. The summed E-state index contributed by atoms with van der Waals surface area (Å²) in [5.74, 6) is 0.0207. The Bertz CT molecular complexity index is 350. The second-order valence-corrected chi connectivity index (χ2v) is 4.28. The third kappa shape index (κ3) is 1.67. The Morgan fingerprint density at radius 2 is 2.00 bits per heavy atom. The molecule has 1 fully saturated rings. The van der Waals surface area contributed by atoms with E-state index >= 15 is 0 Å². The van der Waals surface area contributed by atoms with Crippen LogP contribution in [0.15, 0.2) is 28.7 Å². The molecule has 1 amide bonds. The quantitative estimate of drug-likeness (QED) is 0.826. The van der Waals surface area contributed by atoms with E-state index in [1.54, 1.807) is 4.90 Å². The molecule has 1 unspecified atom stereocenters. The standard InChI is InChI=1S/C10H11BrN2O/c11-7-1-3-8(4-2-7)13-6-5-9(12)10(13)14/h1-4,9H,5-6,12H2. The molecule has 1 aliphatic rings. The van der Waals surface area contributed by atoms with Gasteiger partial charge in [0.15, 0.2) is 0 Å². The van der Waals surface area contributed by atoms with Crippen LogP contribution in [0, 0.1) is 0 Å². The van der Waals surface area contributed by atoms with E-state index in [2.05, 4.69) is 15.9 Å². The lowest BCUT2D eigenvalue weighted by atomic mass is 10.3. The Morgan fingerprint density at radius 1 is 1.36 bits per heavy atom. The van der Waals surface area contributed by atoms with E-state index in [9.17, 15) is 4.79 Å². The molecular weight excluding hydrogens is 244 g/mol. The molecule has 4 heteroatoms. The van der Waals surface area contributed by atoms with Gasteiger partial charge in [-0.15, -0.1) is 0 Å². The van der Waals surface area contributed by atoms with Gasteiger partial charge in [0, 0.05) is 16.7 Å². The summed E-state index contributed by atoms with van der Waals surface area (Å²) in [6, 6.07) is 7.36. The van der Waals surface area contributed by atoms with Gasteiger partial charge < -0.3 is 10.6 Å². The molecular formula is C10H11BrN2O. The first-order valence-electron chi connectivity index (χ1n) is 4.51. The fourth-order valence-electron chi connectivity index (χ4n) is 1.58. The van der Waals surface area contributed by atoms with Crippen LogP contribution in [-0.2, 0) is 4.79 Å². The van der Waals surface area contributed by atoms with E-state index in [1.807, 2.05) is 24.3 Å². The van der Waals surface area contributed by atoms with Crippen LogP contribution >= 0.6 is 15.9 Å². The summed E-state index contributed by atoms with van der Waals surface area (Å²) in [6.45, 7) is 0.724. The molecule has 14 heavy (non-hydrogen) atoms. The lowest BCUT2D eigenvalue weighted by Gasteiger charge is -2.15. The number of nitrogens with zero attached hydrogens (tertiary/aromatic N) is 1. The zero-order valence-electron chi connectivity index (χ0n) is 7.61. The van der Waals surface area contributed by atoms with Crippen molar-refractivity contribution in [1.82, 2.24) is 0 Å². The third-order valence-corrected chi connectivity index (χ3v) is 2.91. The molecule has 3 nitrogen and oxygen atoms in total. The fraction of sp³-hybridized carbons (Fsp3) is 0.300. The van der Waals surface area contributed by atoms with Crippen LogP contribution in [-0.4, -0.2) is 18.5 Å². The van der Waals surface area contributed by atoms with Crippen molar-refractivity contribution in [2.45, 2.75) is 12.5 Å². The number of anilines is 1. The van der Waals surface area contributed by atoms with Gasteiger partial charge in [0.1, 0.15) is 0 Å². The van der Waals surface area contributed by atoms with Crippen molar-refractivity contribution in [3.05, 3.63) is 28.7 Å². The number of halogens is 1. The predicted molar refractivity (Wildman–Crippen MR) is 59.1 cm³/mol.